The largest absolute Gasteiger partial charge is 0.0984 e. The first-order chi connectivity index (χ1) is 5.93. The molecule has 0 unspecified atom stereocenters. The summed E-state index contributed by atoms with van der Waals surface area (Å²) in [6.45, 7) is 3.53. The molecule has 1 aromatic rings. The van der Waals surface area contributed by atoms with Crippen LogP contribution in [0.15, 0.2) is 60.5 Å². The summed E-state index contributed by atoms with van der Waals surface area (Å²) in [5.41, 5.74) is 6.86. The molecule has 1 aromatic carbocycles. The first-order valence-electron chi connectivity index (χ1n) is 3.77. The standard InChI is InChI=1S/C12H10/c1-2-3-4-6-9-12-10-7-5-8-11-12/h2-3,5,7-11H,1H2. The number of allylic oxidation sites excluding steroid dienone is 2. The van der Waals surface area contributed by atoms with Crippen LogP contribution in [-0.4, -0.2) is 0 Å². The lowest BCUT2D eigenvalue weighted by Crippen LogP contribution is -1.64. The fourth-order valence-corrected chi connectivity index (χ4v) is 0.781. The molecule has 0 saturated heterocycles. The second-order valence-electron chi connectivity index (χ2n) is 2.25. The number of rotatable bonds is 2. The van der Waals surface area contributed by atoms with E-state index in [1.165, 1.54) is 0 Å². The van der Waals surface area contributed by atoms with E-state index in [0.29, 0.717) is 0 Å². The second-order valence-corrected chi connectivity index (χ2v) is 2.25. The number of benzene rings is 1. The monoisotopic (exact) mass is 154 g/mol. The fourth-order valence-electron chi connectivity index (χ4n) is 0.781. The van der Waals surface area contributed by atoms with Crippen molar-refractivity contribution in [1.82, 2.24) is 0 Å². The van der Waals surface area contributed by atoms with Gasteiger partial charge in [0, 0.05) is 0 Å². The van der Waals surface area contributed by atoms with E-state index in [2.05, 4.69) is 18.0 Å². The Hall–Kier alpha value is -1.74. The number of hydrogen-bond acceptors (Lipinski definition) is 0. The summed E-state index contributed by atoms with van der Waals surface area (Å²) in [7, 11) is 0. The second kappa shape index (κ2) is 4.98. The summed E-state index contributed by atoms with van der Waals surface area (Å²) in [4.78, 5) is 0. The van der Waals surface area contributed by atoms with Gasteiger partial charge in [-0.2, -0.15) is 0 Å². The first-order valence-corrected chi connectivity index (χ1v) is 3.77. The molecular formula is C12H10. The molecule has 0 fully saturated rings. The summed E-state index contributed by atoms with van der Waals surface area (Å²) in [5, 5.41) is 0. The van der Waals surface area contributed by atoms with Gasteiger partial charge in [0.1, 0.15) is 0 Å². The molecule has 0 heterocycles. The van der Waals surface area contributed by atoms with Crippen molar-refractivity contribution in [1.29, 1.82) is 0 Å². The maximum Gasteiger partial charge on any atom is -0.00427 e. The zero-order chi connectivity index (χ0) is 8.65. The van der Waals surface area contributed by atoms with Crippen molar-refractivity contribution < 1.29 is 0 Å². The van der Waals surface area contributed by atoms with Gasteiger partial charge >= 0.3 is 0 Å². The van der Waals surface area contributed by atoms with Gasteiger partial charge in [0.2, 0.25) is 0 Å². The van der Waals surface area contributed by atoms with E-state index in [1.54, 1.807) is 12.2 Å². The Kier molecular flexibility index (Phi) is 3.47. The van der Waals surface area contributed by atoms with Crippen LogP contribution in [0.25, 0.3) is 6.08 Å². The molecule has 12 heavy (non-hydrogen) atoms. The maximum atomic E-state index is 3.53. The van der Waals surface area contributed by atoms with E-state index in [4.69, 9.17) is 0 Å². The van der Waals surface area contributed by atoms with Crippen LogP contribution >= 0.6 is 0 Å². The zero-order valence-corrected chi connectivity index (χ0v) is 6.83. The molecule has 0 saturated carbocycles. The third-order valence-electron chi connectivity index (χ3n) is 1.32. The van der Waals surface area contributed by atoms with Gasteiger partial charge in [-0.1, -0.05) is 54.4 Å². The molecule has 0 bridgehead atoms. The highest BCUT2D eigenvalue weighted by Gasteiger charge is 1.78. The maximum absolute atomic E-state index is 3.53. The van der Waals surface area contributed by atoms with Crippen LogP contribution in [0, 0.1) is 0 Å². The lowest BCUT2D eigenvalue weighted by molar-refractivity contribution is 1.66. The minimum atomic E-state index is 1.13. The predicted molar refractivity (Wildman–Crippen MR) is 52.7 cm³/mol. The van der Waals surface area contributed by atoms with Gasteiger partial charge in [-0.15, -0.1) is 0 Å². The molecule has 0 spiro atoms. The van der Waals surface area contributed by atoms with Crippen LogP contribution in [0.5, 0.6) is 0 Å². The molecule has 0 heteroatoms. The normalized spacial score (nSPS) is 7.67. The van der Waals surface area contributed by atoms with Crippen molar-refractivity contribution in [3.8, 4) is 0 Å². The van der Waals surface area contributed by atoms with Gasteiger partial charge in [0.25, 0.3) is 0 Å². The topological polar surface area (TPSA) is 0 Å². The smallest absolute Gasteiger partial charge is 0.00427 e. The highest BCUT2D eigenvalue weighted by Crippen LogP contribution is 1.98. The van der Waals surface area contributed by atoms with Gasteiger partial charge in [0.05, 0.1) is 0 Å². The van der Waals surface area contributed by atoms with Crippen LogP contribution in [0.3, 0.4) is 0 Å². The molecule has 0 radical (unpaired) electrons. The summed E-state index contributed by atoms with van der Waals surface area (Å²) in [6, 6.07) is 10.0. The van der Waals surface area contributed by atoms with Crippen LogP contribution in [0.4, 0.5) is 0 Å². The molecule has 0 aliphatic heterocycles. The Morgan fingerprint density at radius 2 is 1.83 bits per heavy atom. The molecule has 0 aromatic heterocycles. The van der Waals surface area contributed by atoms with Gasteiger partial charge in [0.15, 0.2) is 0 Å². The Bertz CT molecular complexity index is 332. The van der Waals surface area contributed by atoms with Crippen molar-refractivity contribution in [2.45, 2.75) is 0 Å². The van der Waals surface area contributed by atoms with Crippen molar-refractivity contribution in [3.05, 3.63) is 66.1 Å². The van der Waals surface area contributed by atoms with Crippen molar-refractivity contribution in [2.24, 2.45) is 0 Å². The molecule has 0 aliphatic rings. The Labute approximate surface area is 72.9 Å². The van der Waals surface area contributed by atoms with Gasteiger partial charge in [-0.05, 0) is 17.7 Å². The highest BCUT2D eigenvalue weighted by atomic mass is 13.8. The lowest BCUT2D eigenvalue weighted by Gasteiger charge is -1.85. The first kappa shape index (κ1) is 8.36. The third kappa shape index (κ3) is 2.90. The number of hydrogen-bond donors (Lipinski definition) is 0. The van der Waals surface area contributed by atoms with Crippen LogP contribution in [-0.2, 0) is 0 Å². The molecule has 58 valence electrons. The summed E-state index contributed by atoms with van der Waals surface area (Å²) in [6.07, 6.45) is 5.27. The molecule has 1 rings (SSSR count). The van der Waals surface area contributed by atoms with Crippen LogP contribution < -0.4 is 0 Å². The SMILES string of the molecule is C=CC=C=C=Cc1ccccc1. The highest BCUT2D eigenvalue weighted by molar-refractivity contribution is 5.47. The summed E-state index contributed by atoms with van der Waals surface area (Å²) in [5.74, 6) is 0. The van der Waals surface area contributed by atoms with E-state index in [9.17, 15) is 0 Å². The zero-order valence-electron chi connectivity index (χ0n) is 6.83. The van der Waals surface area contributed by atoms with Gasteiger partial charge in [-0.3, -0.25) is 0 Å². The average Bonchev–Trinajstić information content (AvgIpc) is 2.14. The quantitative estimate of drug-likeness (QED) is 0.453. The van der Waals surface area contributed by atoms with E-state index < -0.39 is 0 Å². The predicted octanol–water partition coefficient (Wildman–Crippen LogP) is 3.20. The fraction of sp³-hybridized carbons (Fsp3) is 0. The van der Waals surface area contributed by atoms with Gasteiger partial charge < -0.3 is 0 Å². The average molecular weight is 154 g/mol. The van der Waals surface area contributed by atoms with E-state index in [0.717, 1.165) is 5.56 Å². The van der Waals surface area contributed by atoms with Crippen LogP contribution in [0.2, 0.25) is 0 Å². The minimum Gasteiger partial charge on any atom is -0.0984 e. The van der Waals surface area contributed by atoms with Crippen molar-refractivity contribution in [3.63, 3.8) is 0 Å². The molecule has 0 amide bonds. The summed E-state index contributed by atoms with van der Waals surface area (Å²) >= 11 is 0. The molecule has 0 N–H and O–H groups in total. The Morgan fingerprint density at radius 1 is 1.08 bits per heavy atom. The van der Waals surface area contributed by atoms with Gasteiger partial charge in [-0.25, -0.2) is 0 Å². The molecule has 0 nitrogen and oxygen atoms in total. The molecular weight excluding hydrogens is 144 g/mol. The van der Waals surface area contributed by atoms with E-state index in [1.807, 2.05) is 36.4 Å². The Balaban J connectivity index is 2.83. The van der Waals surface area contributed by atoms with E-state index >= 15 is 0 Å². The van der Waals surface area contributed by atoms with E-state index in [-0.39, 0.29) is 0 Å². The molecule has 0 aliphatic carbocycles. The van der Waals surface area contributed by atoms with Crippen LogP contribution in [0.1, 0.15) is 5.56 Å². The Morgan fingerprint density at radius 3 is 2.50 bits per heavy atom. The van der Waals surface area contributed by atoms with Crippen molar-refractivity contribution in [2.75, 3.05) is 0 Å². The summed E-state index contributed by atoms with van der Waals surface area (Å²) < 4.78 is 0. The molecule has 0 atom stereocenters. The lowest BCUT2D eigenvalue weighted by atomic mass is 10.2. The minimum absolute atomic E-state index is 1.13. The third-order valence-corrected chi connectivity index (χ3v) is 1.32. The van der Waals surface area contributed by atoms with Crippen molar-refractivity contribution >= 4 is 6.08 Å².